The van der Waals surface area contributed by atoms with Crippen LogP contribution in [0.25, 0.3) is 11.1 Å². The van der Waals surface area contributed by atoms with Gasteiger partial charge in [0.1, 0.15) is 49.4 Å². The van der Waals surface area contributed by atoms with E-state index in [-0.39, 0.29) is 45.8 Å². The van der Waals surface area contributed by atoms with Crippen LogP contribution in [0.4, 0.5) is 0 Å². The number of nitrogens with two attached hydrogens (primary N) is 2. The monoisotopic (exact) mass is 636 g/mol. The van der Waals surface area contributed by atoms with Crippen LogP contribution in [-0.2, 0) is 30.4 Å². The number of hydrogen-bond donors (Lipinski definition) is 6. The van der Waals surface area contributed by atoms with Crippen LogP contribution in [0.2, 0.25) is 0 Å². The van der Waals surface area contributed by atoms with E-state index in [4.69, 9.17) is 26.2 Å². The largest absolute Gasteiger partial charge is 0.492 e. The van der Waals surface area contributed by atoms with Crippen LogP contribution in [0.15, 0.2) is 36.4 Å². The number of fused-ring (bicyclic) bond motifs is 5. The lowest BCUT2D eigenvalue weighted by molar-refractivity contribution is -0.140. The Kier molecular flexibility index (Phi) is 12.9. The molecule has 246 valence electrons. The number of amides is 5. The van der Waals surface area contributed by atoms with E-state index in [1.165, 1.54) is 25.8 Å². The van der Waals surface area contributed by atoms with Gasteiger partial charge in [-0.3, -0.25) is 24.0 Å². The highest BCUT2D eigenvalue weighted by atomic mass is 16.5. The van der Waals surface area contributed by atoms with Crippen molar-refractivity contribution in [2.45, 2.75) is 38.4 Å². The van der Waals surface area contributed by atoms with Gasteiger partial charge < -0.3 is 47.1 Å². The molecule has 1 heterocycles. The van der Waals surface area contributed by atoms with Gasteiger partial charge in [-0.05, 0) is 42.3 Å². The number of likely N-dealkylation sites (N-methyl/N-ethyl adjacent to an activating group) is 1. The lowest BCUT2D eigenvalue weighted by Crippen LogP contribution is -2.55. The van der Waals surface area contributed by atoms with Gasteiger partial charge in [0.2, 0.25) is 29.5 Å². The first-order valence-corrected chi connectivity index (χ1v) is 14.7. The zero-order valence-electron chi connectivity index (χ0n) is 26.1. The van der Waals surface area contributed by atoms with Gasteiger partial charge in [0.25, 0.3) is 0 Å². The average molecular weight is 637 g/mol. The molecular weight excluding hydrogens is 596 g/mol. The maximum atomic E-state index is 13.9. The molecule has 3 atom stereocenters. The Bertz CT molecular complexity index is 1490. The predicted octanol–water partition coefficient (Wildman–Crippen LogP) is -1.15. The fourth-order valence-electron chi connectivity index (χ4n) is 4.80. The second kappa shape index (κ2) is 16.8. The summed E-state index contributed by atoms with van der Waals surface area (Å²) in [5.74, 6) is -2.11. The summed E-state index contributed by atoms with van der Waals surface area (Å²) in [6, 6.07) is 8.51. The molecular formula is C31H40N8O7. The van der Waals surface area contributed by atoms with Gasteiger partial charge in [-0.15, -0.1) is 0 Å². The van der Waals surface area contributed by atoms with Gasteiger partial charge >= 0.3 is 0 Å². The molecule has 5 amide bonds. The third kappa shape index (κ3) is 9.16. The zero-order chi connectivity index (χ0) is 33.8. The molecule has 1 aliphatic heterocycles. The highest BCUT2D eigenvalue weighted by Gasteiger charge is 2.33. The first-order valence-electron chi connectivity index (χ1n) is 14.7. The molecule has 0 spiro atoms. The molecule has 1 aliphatic rings. The first kappa shape index (κ1) is 35.3. The maximum absolute atomic E-state index is 13.9. The van der Waals surface area contributed by atoms with Crippen molar-refractivity contribution in [1.82, 2.24) is 26.2 Å². The van der Waals surface area contributed by atoms with Gasteiger partial charge in [0, 0.05) is 44.6 Å². The Morgan fingerprint density at radius 2 is 1.61 bits per heavy atom. The summed E-state index contributed by atoms with van der Waals surface area (Å²) < 4.78 is 11.9. The summed E-state index contributed by atoms with van der Waals surface area (Å²) in [6.45, 7) is 2.88. The molecule has 4 bridgehead atoms. The van der Waals surface area contributed by atoms with Crippen molar-refractivity contribution in [3.8, 4) is 28.7 Å². The third-order valence-corrected chi connectivity index (χ3v) is 7.09. The van der Waals surface area contributed by atoms with Crippen LogP contribution in [0.3, 0.4) is 0 Å². The smallest absolute Gasteiger partial charge is 0.248 e. The lowest BCUT2D eigenvalue weighted by Gasteiger charge is -2.30. The van der Waals surface area contributed by atoms with Crippen LogP contribution in [0, 0.1) is 11.3 Å². The van der Waals surface area contributed by atoms with Crippen LogP contribution in [0.5, 0.6) is 11.5 Å². The number of carbonyl (C=O) groups excluding carboxylic acids is 5. The fourth-order valence-corrected chi connectivity index (χ4v) is 4.80. The molecule has 8 N–H and O–H groups in total. The van der Waals surface area contributed by atoms with E-state index in [1.54, 1.807) is 36.4 Å². The molecule has 0 saturated carbocycles. The molecule has 2 aromatic carbocycles. The van der Waals surface area contributed by atoms with E-state index in [0.717, 1.165) is 0 Å². The molecule has 2 aromatic rings. The predicted molar refractivity (Wildman–Crippen MR) is 167 cm³/mol. The molecule has 2 unspecified atom stereocenters. The Morgan fingerprint density at radius 3 is 2.22 bits per heavy atom. The Balaban J connectivity index is 2.28. The number of nitrogens with zero attached hydrogens (tertiary/aromatic N) is 2. The molecule has 0 saturated heterocycles. The second-order valence-corrected chi connectivity index (χ2v) is 10.5. The van der Waals surface area contributed by atoms with Crippen molar-refractivity contribution in [2.75, 3.05) is 46.4 Å². The molecule has 0 fully saturated rings. The summed E-state index contributed by atoms with van der Waals surface area (Å²) in [7, 11) is 1.41. The Hall–Kier alpha value is -5.20. The standard InChI is InChI=1S/C31H40N8O7/c1-18-29(42)38-24(30(43)35-11-8-32)15-20-4-6-25(45-12-9-33)22(14-20)23-16-21(5-7-26(23)46-13-10-34)28(31(44)37-18)39(3)27(41)17-36-19(2)40/h4-7,14,16,18,24,28H,9-13,15,17,33-34H2,1-3H3,(H,35,43)(H,36,40)(H,37,44)(H,38,42)/t18-,24?,28?/m0/s1. The summed E-state index contributed by atoms with van der Waals surface area (Å²) in [6.07, 6.45) is 0.0372. The number of hydrogen-bond acceptors (Lipinski definition) is 10. The molecule has 0 aromatic heterocycles. The fraction of sp³-hybridized carbons (Fsp3) is 0.419. The quantitative estimate of drug-likeness (QED) is 0.162. The minimum Gasteiger partial charge on any atom is -0.492 e. The van der Waals surface area contributed by atoms with Gasteiger partial charge in [0.15, 0.2) is 0 Å². The minimum absolute atomic E-state index is 0.0372. The van der Waals surface area contributed by atoms with Crippen molar-refractivity contribution >= 4 is 29.5 Å². The van der Waals surface area contributed by atoms with Crippen molar-refractivity contribution in [3.05, 3.63) is 47.5 Å². The van der Waals surface area contributed by atoms with E-state index >= 15 is 0 Å². The van der Waals surface area contributed by atoms with Crippen molar-refractivity contribution < 1.29 is 33.4 Å². The first-order chi connectivity index (χ1) is 22.0. The number of nitrogens with one attached hydrogen (secondary N) is 4. The lowest BCUT2D eigenvalue weighted by atomic mass is 9.93. The van der Waals surface area contributed by atoms with Crippen LogP contribution in [0.1, 0.15) is 31.0 Å². The number of benzene rings is 2. The van der Waals surface area contributed by atoms with Crippen LogP contribution >= 0.6 is 0 Å². The topological polar surface area (TPSA) is 231 Å². The van der Waals surface area contributed by atoms with E-state index in [9.17, 15) is 24.0 Å². The average Bonchev–Trinajstić information content (AvgIpc) is 3.03. The highest BCUT2D eigenvalue weighted by Crippen LogP contribution is 2.40. The van der Waals surface area contributed by atoms with Crippen molar-refractivity contribution in [1.29, 1.82) is 5.26 Å². The molecule has 3 rings (SSSR count). The Morgan fingerprint density at radius 1 is 0.978 bits per heavy atom. The molecule has 15 heteroatoms. The van der Waals surface area contributed by atoms with Gasteiger partial charge in [-0.25, -0.2) is 0 Å². The summed E-state index contributed by atoms with van der Waals surface area (Å²) in [4.78, 5) is 66.0. The van der Waals surface area contributed by atoms with Gasteiger partial charge in [0.05, 0.1) is 12.6 Å². The summed E-state index contributed by atoms with van der Waals surface area (Å²) in [5.41, 5.74) is 13.5. The number of nitriles is 1. The van der Waals surface area contributed by atoms with Crippen molar-refractivity contribution in [3.63, 3.8) is 0 Å². The Labute approximate surface area is 266 Å². The minimum atomic E-state index is -1.26. The molecule has 0 aliphatic carbocycles. The van der Waals surface area contributed by atoms with Crippen LogP contribution < -0.4 is 42.2 Å². The van der Waals surface area contributed by atoms with E-state index < -0.39 is 47.7 Å². The highest BCUT2D eigenvalue weighted by molar-refractivity contribution is 5.95. The van der Waals surface area contributed by atoms with E-state index in [2.05, 4.69) is 21.3 Å². The number of rotatable bonds is 11. The van der Waals surface area contributed by atoms with Gasteiger partial charge in [-0.2, -0.15) is 5.26 Å². The zero-order valence-corrected chi connectivity index (χ0v) is 26.1. The van der Waals surface area contributed by atoms with E-state index in [0.29, 0.717) is 33.8 Å². The maximum Gasteiger partial charge on any atom is 0.248 e. The summed E-state index contributed by atoms with van der Waals surface area (Å²) >= 11 is 0. The number of ether oxygens (including phenoxy) is 2. The SMILES string of the molecule is CC(=O)NCC(=O)N(C)C1C(=O)N[C@@H](C)C(=O)NC(C(=O)NCC#N)Cc2ccc(OCCN)c(c2)-c2cc1ccc2OCCN. The second-order valence-electron chi connectivity index (χ2n) is 10.5. The van der Waals surface area contributed by atoms with Gasteiger partial charge in [-0.1, -0.05) is 12.1 Å². The number of carbonyl (C=O) groups is 5. The third-order valence-electron chi connectivity index (χ3n) is 7.09. The molecule has 46 heavy (non-hydrogen) atoms. The van der Waals surface area contributed by atoms with E-state index in [1.807, 2.05) is 6.07 Å². The van der Waals surface area contributed by atoms with Crippen molar-refractivity contribution in [2.24, 2.45) is 11.5 Å². The molecule has 0 radical (unpaired) electrons. The van der Waals surface area contributed by atoms with Crippen LogP contribution in [-0.4, -0.2) is 93.0 Å². The normalized spacial score (nSPS) is 17.7. The summed E-state index contributed by atoms with van der Waals surface area (Å²) in [5, 5.41) is 19.2. The molecule has 15 nitrogen and oxygen atoms in total.